The van der Waals surface area contributed by atoms with Crippen molar-refractivity contribution >= 4 is 40.4 Å². The predicted octanol–water partition coefficient (Wildman–Crippen LogP) is 3.73. The first-order chi connectivity index (χ1) is 16.4. The third kappa shape index (κ3) is 7.05. The van der Waals surface area contributed by atoms with Gasteiger partial charge in [-0.1, -0.05) is 17.8 Å². The third-order valence-corrected chi connectivity index (χ3v) is 6.13. The number of carbonyl (C=O) groups is 3. The predicted molar refractivity (Wildman–Crippen MR) is 129 cm³/mol. The Morgan fingerprint density at radius 1 is 1.12 bits per heavy atom. The molecule has 2 aromatic carbocycles. The minimum Gasteiger partial charge on any atom is -0.490 e. The van der Waals surface area contributed by atoms with Crippen LogP contribution in [0, 0.1) is 5.82 Å². The number of carbonyl (C=O) groups excluding carboxylic acids is 3. The van der Waals surface area contributed by atoms with Crippen molar-refractivity contribution < 1.29 is 28.2 Å². The molecule has 0 aliphatic carbocycles. The molecule has 0 fully saturated rings. The fraction of sp³-hybridized carbons (Fsp3) is 0.333. The van der Waals surface area contributed by atoms with Crippen LogP contribution in [-0.2, 0) is 14.3 Å². The van der Waals surface area contributed by atoms with E-state index in [0.29, 0.717) is 16.6 Å². The maximum atomic E-state index is 12.9. The molecule has 0 aromatic heterocycles. The lowest BCUT2D eigenvalue weighted by molar-refractivity contribution is -0.121. The van der Waals surface area contributed by atoms with Gasteiger partial charge in [-0.3, -0.25) is 9.59 Å². The molecular weight excluding hydrogens is 461 g/mol. The minimum atomic E-state index is -0.572. The molecule has 0 saturated heterocycles. The Morgan fingerprint density at radius 2 is 1.85 bits per heavy atom. The van der Waals surface area contributed by atoms with Gasteiger partial charge >= 0.3 is 5.97 Å². The van der Waals surface area contributed by atoms with E-state index < -0.39 is 11.2 Å². The number of thioether (sulfide) groups is 1. The summed E-state index contributed by atoms with van der Waals surface area (Å²) in [5.74, 6) is -1.13. The van der Waals surface area contributed by atoms with Gasteiger partial charge in [0.2, 0.25) is 5.91 Å². The largest absolute Gasteiger partial charge is 0.490 e. The topological polar surface area (TPSA) is 97.3 Å². The Bertz CT molecular complexity index is 1060. The molecule has 1 N–H and O–H groups in total. The van der Waals surface area contributed by atoms with Crippen molar-refractivity contribution in [2.75, 3.05) is 31.6 Å². The number of nitrogens with zero attached hydrogens (tertiary/aromatic N) is 2. The molecule has 34 heavy (non-hydrogen) atoms. The molecular formula is C24H26FN3O5S. The van der Waals surface area contributed by atoms with Gasteiger partial charge in [0.1, 0.15) is 30.0 Å². The van der Waals surface area contributed by atoms with E-state index in [1.807, 2.05) is 18.7 Å². The van der Waals surface area contributed by atoms with Crippen LogP contribution in [0.3, 0.4) is 0 Å². The average Bonchev–Trinajstić information content (AvgIpc) is 3.18. The molecule has 1 atom stereocenters. The lowest BCUT2D eigenvalue weighted by Crippen LogP contribution is -2.27. The molecule has 3 rings (SSSR count). The number of halogens is 1. The molecule has 1 heterocycles. The number of nitrogens with one attached hydrogen (secondary N) is 1. The summed E-state index contributed by atoms with van der Waals surface area (Å²) >= 11 is 1.29. The summed E-state index contributed by atoms with van der Waals surface area (Å²) in [5, 5.41) is 2.79. The van der Waals surface area contributed by atoms with Gasteiger partial charge in [-0.2, -0.15) is 4.99 Å². The van der Waals surface area contributed by atoms with Gasteiger partial charge in [-0.05, 0) is 56.3 Å². The number of amides is 2. The number of hydrogen-bond donors (Lipinski definition) is 1. The van der Waals surface area contributed by atoms with Crippen molar-refractivity contribution in [2.24, 2.45) is 4.99 Å². The Morgan fingerprint density at radius 3 is 2.56 bits per heavy atom. The van der Waals surface area contributed by atoms with Crippen LogP contribution in [-0.4, -0.2) is 59.4 Å². The van der Waals surface area contributed by atoms with E-state index in [4.69, 9.17) is 9.47 Å². The molecule has 8 nitrogen and oxygen atoms in total. The quantitative estimate of drug-likeness (QED) is 0.403. The van der Waals surface area contributed by atoms with E-state index in [2.05, 4.69) is 10.3 Å². The van der Waals surface area contributed by atoms with Crippen molar-refractivity contribution in [2.45, 2.75) is 25.5 Å². The van der Waals surface area contributed by atoms with E-state index in [0.717, 1.165) is 13.1 Å². The number of aliphatic imine (C=N–C) groups is 1. The van der Waals surface area contributed by atoms with Crippen LogP contribution < -0.4 is 10.1 Å². The summed E-state index contributed by atoms with van der Waals surface area (Å²) in [4.78, 5) is 43.0. The Hall–Kier alpha value is -3.40. The molecule has 0 saturated carbocycles. The van der Waals surface area contributed by atoms with Gasteiger partial charge in [0.05, 0.1) is 5.56 Å². The first kappa shape index (κ1) is 25.2. The average molecular weight is 488 g/mol. The monoisotopic (exact) mass is 487 g/mol. The highest BCUT2D eigenvalue weighted by Gasteiger charge is 2.32. The zero-order valence-electron chi connectivity index (χ0n) is 19.0. The number of rotatable bonds is 10. The molecule has 1 aliphatic rings. The molecule has 0 spiro atoms. The zero-order valence-corrected chi connectivity index (χ0v) is 19.8. The van der Waals surface area contributed by atoms with E-state index in [9.17, 15) is 18.8 Å². The molecule has 1 unspecified atom stereocenters. The van der Waals surface area contributed by atoms with Crippen LogP contribution in [0.15, 0.2) is 53.5 Å². The van der Waals surface area contributed by atoms with Crippen LogP contribution in [0.25, 0.3) is 0 Å². The summed E-state index contributed by atoms with van der Waals surface area (Å²) in [7, 11) is 0. The molecule has 2 aromatic rings. The van der Waals surface area contributed by atoms with Gasteiger partial charge in [-0.15, -0.1) is 0 Å². The van der Waals surface area contributed by atoms with Gasteiger partial charge < -0.3 is 19.7 Å². The smallest absolute Gasteiger partial charge is 0.338 e. The van der Waals surface area contributed by atoms with Crippen LogP contribution in [0.2, 0.25) is 0 Å². The van der Waals surface area contributed by atoms with Crippen molar-refractivity contribution in [3.8, 4) is 5.75 Å². The maximum absolute atomic E-state index is 12.9. The summed E-state index contributed by atoms with van der Waals surface area (Å²) in [6.45, 7) is 5.54. The second-order valence-electron chi connectivity index (χ2n) is 7.28. The van der Waals surface area contributed by atoms with Crippen molar-refractivity contribution in [1.82, 2.24) is 4.90 Å². The molecule has 2 amide bonds. The number of anilines is 1. The highest BCUT2D eigenvalue weighted by molar-refractivity contribution is 8.15. The number of esters is 1. The highest BCUT2D eigenvalue weighted by Crippen LogP contribution is 2.27. The summed E-state index contributed by atoms with van der Waals surface area (Å²) in [5.41, 5.74) is 0.681. The van der Waals surface area contributed by atoms with Crippen LogP contribution >= 0.6 is 11.8 Å². The summed E-state index contributed by atoms with van der Waals surface area (Å²) < 4.78 is 23.5. The SMILES string of the molecule is CCN(CC)C1=NC(=O)C(CC(=O)Nc2cccc(C(=O)OCCOc3ccc(F)cc3)c2)S1. The third-order valence-electron chi connectivity index (χ3n) is 4.91. The number of hydrogen-bond acceptors (Lipinski definition) is 7. The number of ether oxygens (including phenoxy) is 2. The van der Waals surface area contributed by atoms with E-state index in [1.54, 1.807) is 18.2 Å². The van der Waals surface area contributed by atoms with Crippen molar-refractivity contribution in [3.63, 3.8) is 0 Å². The van der Waals surface area contributed by atoms with E-state index >= 15 is 0 Å². The number of benzene rings is 2. The lowest BCUT2D eigenvalue weighted by atomic mass is 10.2. The van der Waals surface area contributed by atoms with Crippen molar-refractivity contribution in [1.29, 1.82) is 0 Å². The molecule has 1 aliphatic heterocycles. The molecule has 0 bridgehead atoms. The fourth-order valence-corrected chi connectivity index (χ4v) is 4.34. The molecule has 180 valence electrons. The second-order valence-corrected chi connectivity index (χ2v) is 8.45. The first-order valence-electron chi connectivity index (χ1n) is 10.9. The van der Waals surface area contributed by atoms with Crippen LogP contribution in [0.4, 0.5) is 10.1 Å². The van der Waals surface area contributed by atoms with Gasteiger partial charge in [0.15, 0.2) is 5.17 Å². The van der Waals surface area contributed by atoms with E-state index in [1.165, 1.54) is 42.1 Å². The maximum Gasteiger partial charge on any atom is 0.338 e. The second kappa shape index (κ2) is 12.2. The molecule has 10 heteroatoms. The summed E-state index contributed by atoms with van der Waals surface area (Å²) in [6.07, 6.45) is -0.0207. The summed E-state index contributed by atoms with van der Waals surface area (Å²) in [6, 6.07) is 11.9. The number of amidine groups is 1. The Kier molecular flexibility index (Phi) is 9.03. The van der Waals surface area contributed by atoms with Crippen LogP contribution in [0.1, 0.15) is 30.6 Å². The van der Waals surface area contributed by atoms with E-state index in [-0.39, 0.29) is 42.8 Å². The normalized spacial score (nSPS) is 15.0. The Balaban J connectivity index is 1.46. The minimum absolute atomic E-state index is 0.00266. The highest BCUT2D eigenvalue weighted by atomic mass is 32.2. The van der Waals surface area contributed by atoms with Crippen molar-refractivity contribution in [3.05, 3.63) is 59.9 Å². The zero-order chi connectivity index (χ0) is 24.5. The lowest BCUT2D eigenvalue weighted by Gasteiger charge is -2.19. The Labute approximate surface area is 201 Å². The first-order valence-corrected chi connectivity index (χ1v) is 11.8. The van der Waals surface area contributed by atoms with Crippen LogP contribution in [0.5, 0.6) is 5.75 Å². The standard InChI is InChI=1S/C24H26FN3O5S/c1-3-28(4-2)24-27-22(30)20(34-24)15-21(29)26-18-7-5-6-16(14-18)23(31)33-13-12-32-19-10-8-17(25)9-11-19/h5-11,14,20H,3-4,12-13,15H2,1-2H3,(H,26,29). The van der Waals surface area contributed by atoms with Gasteiger partial charge in [0.25, 0.3) is 5.91 Å². The van der Waals surface area contributed by atoms with Gasteiger partial charge in [0, 0.05) is 25.2 Å². The molecule has 0 radical (unpaired) electrons. The van der Waals surface area contributed by atoms with Gasteiger partial charge in [-0.25, -0.2) is 9.18 Å². The fourth-order valence-electron chi connectivity index (χ4n) is 3.15.